The number of carbonyl (C=O) groups excluding carboxylic acids is 1. The summed E-state index contributed by atoms with van der Waals surface area (Å²) in [6.07, 6.45) is -5.72. The fourth-order valence-corrected chi connectivity index (χ4v) is 3.98. The first-order valence-electron chi connectivity index (χ1n) is 9.13. The molecule has 1 amide bonds. The van der Waals surface area contributed by atoms with Gasteiger partial charge in [0.1, 0.15) is 11.3 Å². The van der Waals surface area contributed by atoms with E-state index in [2.05, 4.69) is 10.3 Å². The number of amides is 1. The summed E-state index contributed by atoms with van der Waals surface area (Å²) in [6.45, 7) is -0.315. The van der Waals surface area contributed by atoms with Crippen LogP contribution in [0.1, 0.15) is 46.8 Å². The number of aliphatic hydroxyl groups is 1. The lowest BCUT2D eigenvalue weighted by molar-refractivity contribution is -0.137. The van der Waals surface area contributed by atoms with Crippen LogP contribution in [-0.2, 0) is 6.18 Å². The third-order valence-corrected chi connectivity index (χ3v) is 5.76. The fraction of sp³-hybridized carbons (Fsp3) is 0.400. The van der Waals surface area contributed by atoms with Crippen molar-refractivity contribution in [1.29, 1.82) is 0 Å². The maximum atomic E-state index is 14.1. The number of alkyl halides is 4. The molecule has 1 fully saturated rings. The van der Waals surface area contributed by atoms with Gasteiger partial charge in [-0.3, -0.25) is 4.79 Å². The Bertz CT molecular complexity index is 941. The first-order valence-corrected chi connectivity index (χ1v) is 9.89. The van der Waals surface area contributed by atoms with E-state index in [1.165, 1.54) is 6.07 Å². The highest BCUT2D eigenvalue weighted by molar-refractivity contribution is 6.33. The van der Waals surface area contributed by atoms with Gasteiger partial charge in [0.15, 0.2) is 0 Å². The zero-order valence-electron chi connectivity index (χ0n) is 15.5. The Morgan fingerprint density at radius 3 is 2.67 bits per heavy atom. The minimum Gasteiger partial charge on any atom is -0.387 e. The second kappa shape index (κ2) is 8.69. The molecule has 1 heterocycles. The summed E-state index contributed by atoms with van der Waals surface area (Å²) in [6, 6.07) is 7.17. The van der Waals surface area contributed by atoms with Gasteiger partial charge in [-0.05, 0) is 49.6 Å². The Labute approximate surface area is 180 Å². The second-order valence-electron chi connectivity index (χ2n) is 7.29. The number of aromatic nitrogens is 1. The molecule has 0 radical (unpaired) electrons. The molecule has 1 aromatic carbocycles. The largest absolute Gasteiger partial charge is 0.416 e. The third-order valence-electron chi connectivity index (χ3n) is 5.22. The number of hydrogen-bond acceptors (Lipinski definition) is 3. The van der Waals surface area contributed by atoms with Crippen molar-refractivity contribution in [2.45, 2.75) is 43.1 Å². The molecule has 1 aliphatic carbocycles. The molecule has 1 aromatic heterocycles. The summed E-state index contributed by atoms with van der Waals surface area (Å²) in [5.74, 6) is -1.63. The highest BCUT2D eigenvalue weighted by Crippen LogP contribution is 2.41. The first kappa shape index (κ1) is 22.8. The van der Waals surface area contributed by atoms with Crippen LogP contribution >= 0.6 is 23.2 Å². The van der Waals surface area contributed by atoms with Gasteiger partial charge in [0.25, 0.3) is 5.91 Å². The maximum Gasteiger partial charge on any atom is 0.416 e. The SMILES string of the molecule is O=C(NC[C@]1(O)CC[C@H](F)C[C@H]1c1cccc(Cl)n1)c1cc(C(F)(F)F)ccc1Cl. The van der Waals surface area contributed by atoms with E-state index in [0.717, 1.165) is 12.1 Å². The van der Waals surface area contributed by atoms with Gasteiger partial charge in [-0.25, -0.2) is 9.37 Å². The van der Waals surface area contributed by atoms with Crippen molar-refractivity contribution in [1.82, 2.24) is 10.3 Å². The number of nitrogens with one attached hydrogen (secondary N) is 1. The first-order chi connectivity index (χ1) is 14.0. The van der Waals surface area contributed by atoms with Crippen molar-refractivity contribution in [2.75, 3.05) is 6.54 Å². The van der Waals surface area contributed by atoms with Gasteiger partial charge in [0, 0.05) is 18.2 Å². The molecule has 3 atom stereocenters. The van der Waals surface area contributed by atoms with E-state index in [1.54, 1.807) is 12.1 Å². The number of nitrogens with zero attached hydrogens (tertiary/aromatic N) is 1. The Morgan fingerprint density at radius 2 is 2.00 bits per heavy atom. The van der Waals surface area contributed by atoms with E-state index in [4.69, 9.17) is 23.2 Å². The van der Waals surface area contributed by atoms with Gasteiger partial charge < -0.3 is 10.4 Å². The molecule has 30 heavy (non-hydrogen) atoms. The lowest BCUT2D eigenvalue weighted by Gasteiger charge is -2.41. The van der Waals surface area contributed by atoms with Crippen LogP contribution in [0, 0.1) is 0 Å². The number of carbonyl (C=O) groups is 1. The van der Waals surface area contributed by atoms with Crippen LogP contribution in [0.25, 0.3) is 0 Å². The molecular weight excluding hydrogens is 447 g/mol. The van der Waals surface area contributed by atoms with E-state index < -0.39 is 35.3 Å². The molecule has 3 rings (SSSR count). The molecule has 1 saturated carbocycles. The van der Waals surface area contributed by atoms with Crippen molar-refractivity contribution in [3.05, 3.63) is 63.4 Å². The van der Waals surface area contributed by atoms with Gasteiger partial charge in [-0.2, -0.15) is 13.2 Å². The van der Waals surface area contributed by atoms with E-state index in [1.807, 2.05) is 0 Å². The van der Waals surface area contributed by atoms with E-state index >= 15 is 0 Å². The number of halogens is 6. The van der Waals surface area contributed by atoms with Crippen LogP contribution in [0.5, 0.6) is 0 Å². The van der Waals surface area contributed by atoms with Crippen LogP contribution in [0.15, 0.2) is 36.4 Å². The summed E-state index contributed by atoms with van der Waals surface area (Å²) in [4.78, 5) is 16.7. The Kier molecular flexibility index (Phi) is 6.60. The average Bonchev–Trinajstić information content (AvgIpc) is 2.68. The highest BCUT2D eigenvalue weighted by Gasteiger charge is 2.44. The summed E-state index contributed by atoms with van der Waals surface area (Å²) in [5, 5.41) is 13.6. The van der Waals surface area contributed by atoms with Crippen molar-refractivity contribution < 1.29 is 27.5 Å². The molecule has 0 aliphatic heterocycles. The van der Waals surface area contributed by atoms with Gasteiger partial charge in [0.05, 0.1) is 21.8 Å². The molecule has 1 aliphatic rings. The molecule has 162 valence electrons. The normalized spacial score (nSPS) is 24.5. The van der Waals surface area contributed by atoms with Crippen LogP contribution in [0.2, 0.25) is 10.2 Å². The van der Waals surface area contributed by atoms with Gasteiger partial charge in [-0.1, -0.05) is 29.3 Å². The summed E-state index contributed by atoms with van der Waals surface area (Å²) < 4.78 is 52.9. The van der Waals surface area contributed by atoms with Crippen LogP contribution in [0.4, 0.5) is 17.6 Å². The number of rotatable bonds is 4. The number of hydrogen-bond donors (Lipinski definition) is 2. The molecule has 0 saturated heterocycles. The van der Waals surface area contributed by atoms with Gasteiger partial charge in [0.2, 0.25) is 0 Å². The molecule has 2 N–H and O–H groups in total. The van der Waals surface area contributed by atoms with E-state index in [0.29, 0.717) is 11.8 Å². The predicted octanol–water partition coefficient (Wildman–Crippen LogP) is 5.17. The topological polar surface area (TPSA) is 62.2 Å². The Balaban J connectivity index is 1.81. The zero-order valence-corrected chi connectivity index (χ0v) is 17.0. The third kappa shape index (κ3) is 5.04. The Morgan fingerprint density at radius 1 is 1.27 bits per heavy atom. The standard InChI is InChI=1S/C20H18Cl2F4N2O2/c21-15-5-4-11(20(24,25)26)8-13(15)18(29)27-10-19(30)7-6-12(23)9-14(19)16-2-1-3-17(22)28-16/h1-5,8,12,14,30H,6-7,9-10H2,(H,27,29)/t12-,14-,19+/m0/s1. The van der Waals surface area contributed by atoms with Crippen molar-refractivity contribution in [3.8, 4) is 0 Å². The molecule has 4 nitrogen and oxygen atoms in total. The molecule has 10 heteroatoms. The second-order valence-corrected chi connectivity index (χ2v) is 8.08. The maximum absolute atomic E-state index is 14.1. The molecule has 0 unspecified atom stereocenters. The lowest BCUT2D eigenvalue weighted by Crippen LogP contribution is -2.50. The van der Waals surface area contributed by atoms with Gasteiger partial charge in [-0.15, -0.1) is 0 Å². The highest BCUT2D eigenvalue weighted by atomic mass is 35.5. The van der Waals surface area contributed by atoms with E-state index in [9.17, 15) is 27.5 Å². The van der Waals surface area contributed by atoms with Crippen LogP contribution < -0.4 is 5.32 Å². The molecular formula is C20H18Cl2F4N2O2. The fourth-order valence-electron chi connectivity index (χ4n) is 3.60. The monoisotopic (exact) mass is 464 g/mol. The summed E-state index contributed by atoms with van der Waals surface area (Å²) in [7, 11) is 0. The summed E-state index contributed by atoms with van der Waals surface area (Å²) >= 11 is 11.8. The van der Waals surface area contributed by atoms with Crippen molar-refractivity contribution >= 4 is 29.1 Å². The number of benzene rings is 1. The predicted molar refractivity (Wildman–Crippen MR) is 104 cm³/mol. The summed E-state index contributed by atoms with van der Waals surface area (Å²) in [5.41, 5.74) is -2.57. The molecule has 0 spiro atoms. The van der Waals surface area contributed by atoms with Gasteiger partial charge >= 0.3 is 6.18 Å². The Hall–Kier alpha value is -1.90. The van der Waals surface area contributed by atoms with Crippen LogP contribution in [0.3, 0.4) is 0 Å². The quantitative estimate of drug-likeness (QED) is 0.484. The lowest BCUT2D eigenvalue weighted by atomic mass is 9.72. The minimum atomic E-state index is -4.64. The molecule has 0 bridgehead atoms. The molecule has 2 aromatic rings. The van der Waals surface area contributed by atoms with Crippen molar-refractivity contribution in [3.63, 3.8) is 0 Å². The van der Waals surface area contributed by atoms with Crippen LogP contribution in [-0.4, -0.2) is 34.3 Å². The number of pyridine rings is 1. The van der Waals surface area contributed by atoms with E-state index in [-0.39, 0.29) is 41.5 Å². The zero-order chi connectivity index (χ0) is 22.1. The average molecular weight is 465 g/mol. The minimum absolute atomic E-state index is 0.0238. The van der Waals surface area contributed by atoms with Crippen molar-refractivity contribution in [2.24, 2.45) is 0 Å². The smallest absolute Gasteiger partial charge is 0.387 e.